The van der Waals surface area contributed by atoms with Crippen LogP contribution in [0.2, 0.25) is 0 Å². The van der Waals surface area contributed by atoms with Gasteiger partial charge in [-0.1, -0.05) is 77.3 Å². The number of carbonyl (C=O) groups excluding carboxylic acids is 1. The van der Waals surface area contributed by atoms with Gasteiger partial charge in [0.25, 0.3) is 0 Å². The molecule has 44 heavy (non-hydrogen) atoms. The van der Waals surface area contributed by atoms with Crippen molar-refractivity contribution in [1.82, 2.24) is 0 Å². The first-order valence-electron chi connectivity index (χ1n) is 17.1. The average molecular weight is 627 g/mol. The minimum Gasteiger partial charge on any atom is -0.491 e. The van der Waals surface area contributed by atoms with E-state index in [9.17, 15) is 4.79 Å². The average Bonchev–Trinajstić information content (AvgIpc) is 3.04. The van der Waals surface area contributed by atoms with Gasteiger partial charge in [-0.15, -0.1) is 0 Å². The minimum absolute atomic E-state index is 0.146. The molecule has 1 aromatic carbocycles. The van der Waals surface area contributed by atoms with Crippen molar-refractivity contribution < 1.29 is 42.7 Å². The zero-order chi connectivity index (χ0) is 31.6. The quantitative estimate of drug-likeness (QED) is 0.0621. The van der Waals surface area contributed by atoms with Gasteiger partial charge in [0.2, 0.25) is 0 Å². The van der Waals surface area contributed by atoms with Crippen LogP contribution in [-0.2, 0) is 44.4 Å². The molecule has 0 atom stereocenters. The second-order valence-corrected chi connectivity index (χ2v) is 10.7. The molecule has 0 saturated carbocycles. The third kappa shape index (κ3) is 27.8. The van der Waals surface area contributed by atoms with Gasteiger partial charge in [-0.25, -0.2) is 0 Å². The number of unbranched alkanes of at least 4 members (excludes halogenated alkanes) is 8. The Bertz CT molecular complexity index is 729. The fourth-order valence-electron chi connectivity index (χ4n) is 4.26. The molecule has 9 heteroatoms. The van der Waals surface area contributed by atoms with Crippen LogP contribution in [-0.4, -0.2) is 98.5 Å². The molecule has 0 spiro atoms. The maximum atomic E-state index is 11.5. The zero-order valence-electron chi connectivity index (χ0n) is 27.9. The molecule has 9 nitrogen and oxygen atoms in total. The van der Waals surface area contributed by atoms with Crippen molar-refractivity contribution in [3.63, 3.8) is 0 Å². The van der Waals surface area contributed by atoms with Crippen LogP contribution in [0.5, 0.6) is 5.75 Å². The minimum atomic E-state index is -0.146. The first-order valence-corrected chi connectivity index (χ1v) is 17.1. The molecular formula is C35H62O9. The molecule has 0 aliphatic carbocycles. The predicted molar refractivity (Wildman–Crippen MR) is 174 cm³/mol. The maximum Gasteiger partial charge on any atom is 0.305 e. The fourth-order valence-corrected chi connectivity index (χ4v) is 4.26. The normalized spacial score (nSPS) is 11.2. The highest BCUT2D eigenvalue weighted by molar-refractivity contribution is 5.69. The second kappa shape index (κ2) is 32.6. The Morgan fingerprint density at radius 1 is 0.477 bits per heavy atom. The van der Waals surface area contributed by atoms with E-state index in [1.165, 1.54) is 44.1 Å². The summed E-state index contributed by atoms with van der Waals surface area (Å²) in [5.74, 6) is 0.739. The Kier molecular flexibility index (Phi) is 29.9. The molecule has 0 radical (unpaired) electrons. The SMILES string of the molecule is CCCCCCCCc1ccc(OCCOCCOCCOCCOCCOCCOCCOC(=O)CCCCCC)cc1. The molecule has 0 N–H and O–H groups in total. The van der Waals surface area contributed by atoms with Crippen LogP contribution in [0.15, 0.2) is 24.3 Å². The lowest BCUT2D eigenvalue weighted by atomic mass is 10.0. The lowest BCUT2D eigenvalue weighted by Gasteiger charge is -2.09. The Labute approximate surface area is 267 Å². The first-order chi connectivity index (χ1) is 21.8. The Morgan fingerprint density at radius 2 is 0.886 bits per heavy atom. The van der Waals surface area contributed by atoms with Crippen LogP contribution in [0, 0.1) is 0 Å². The van der Waals surface area contributed by atoms with Gasteiger partial charge in [-0.2, -0.15) is 0 Å². The highest BCUT2D eigenvalue weighted by Gasteiger charge is 2.02. The van der Waals surface area contributed by atoms with Crippen LogP contribution in [0.25, 0.3) is 0 Å². The number of ether oxygens (including phenoxy) is 8. The molecular weight excluding hydrogens is 564 g/mol. The van der Waals surface area contributed by atoms with E-state index in [1.807, 2.05) is 12.1 Å². The fraction of sp³-hybridized carbons (Fsp3) is 0.800. The highest BCUT2D eigenvalue weighted by atomic mass is 16.6. The van der Waals surface area contributed by atoms with E-state index in [2.05, 4.69) is 26.0 Å². The summed E-state index contributed by atoms with van der Waals surface area (Å²) < 4.78 is 43.8. The summed E-state index contributed by atoms with van der Waals surface area (Å²) in [4.78, 5) is 11.5. The lowest BCUT2D eigenvalue weighted by Crippen LogP contribution is -2.15. The number of rotatable bonds is 34. The van der Waals surface area contributed by atoms with Crippen molar-refractivity contribution in [2.24, 2.45) is 0 Å². The van der Waals surface area contributed by atoms with Crippen LogP contribution >= 0.6 is 0 Å². The van der Waals surface area contributed by atoms with Crippen molar-refractivity contribution in [3.8, 4) is 5.75 Å². The van der Waals surface area contributed by atoms with Gasteiger partial charge in [0.1, 0.15) is 19.0 Å². The van der Waals surface area contributed by atoms with Crippen molar-refractivity contribution in [1.29, 1.82) is 0 Å². The summed E-state index contributed by atoms with van der Waals surface area (Å²) in [5.41, 5.74) is 1.38. The molecule has 0 aliphatic rings. The van der Waals surface area contributed by atoms with Gasteiger partial charge in [-0.3, -0.25) is 4.79 Å². The van der Waals surface area contributed by atoms with Gasteiger partial charge in [0.05, 0.1) is 79.3 Å². The summed E-state index contributed by atoms with van der Waals surface area (Å²) in [7, 11) is 0. The maximum absolute atomic E-state index is 11.5. The first kappa shape index (κ1) is 40.3. The monoisotopic (exact) mass is 626 g/mol. The highest BCUT2D eigenvalue weighted by Crippen LogP contribution is 2.15. The van der Waals surface area contributed by atoms with E-state index in [0.717, 1.165) is 37.9 Å². The number of benzene rings is 1. The lowest BCUT2D eigenvalue weighted by molar-refractivity contribution is -0.145. The number of hydrogen-bond acceptors (Lipinski definition) is 9. The van der Waals surface area contributed by atoms with E-state index in [0.29, 0.717) is 98.9 Å². The van der Waals surface area contributed by atoms with Gasteiger partial charge in [0, 0.05) is 6.42 Å². The van der Waals surface area contributed by atoms with Crippen LogP contribution < -0.4 is 4.74 Å². The topological polar surface area (TPSA) is 90.9 Å². The van der Waals surface area contributed by atoms with Crippen molar-refractivity contribution in [2.75, 3.05) is 92.5 Å². The molecule has 0 unspecified atom stereocenters. The summed E-state index contributed by atoms with van der Waals surface area (Å²) in [6.45, 7) is 11.2. The van der Waals surface area contributed by atoms with Crippen molar-refractivity contribution in [2.45, 2.75) is 90.9 Å². The zero-order valence-corrected chi connectivity index (χ0v) is 27.9. The largest absolute Gasteiger partial charge is 0.491 e. The van der Waals surface area contributed by atoms with Crippen molar-refractivity contribution >= 4 is 5.97 Å². The Hall–Kier alpha value is -1.75. The van der Waals surface area contributed by atoms with Gasteiger partial charge in [-0.05, 0) is 37.0 Å². The Morgan fingerprint density at radius 3 is 1.39 bits per heavy atom. The van der Waals surface area contributed by atoms with Crippen LogP contribution in [0.1, 0.15) is 90.0 Å². The molecule has 0 fully saturated rings. The standard InChI is InChI=1S/C35H62O9/c1-3-5-7-9-10-11-13-33-15-17-34(18-16-33)43-31-29-41-27-25-39-23-21-37-19-20-38-22-24-40-26-28-42-30-32-44-35(36)14-12-8-6-4-2/h15-18H,3-14,19-32H2,1-2H3. The third-order valence-electron chi connectivity index (χ3n) is 6.82. The van der Waals surface area contributed by atoms with Gasteiger partial charge in [0.15, 0.2) is 0 Å². The second-order valence-electron chi connectivity index (χ2n) is 10.7. The summed E-state index contributed by atoms with van der Waals surface area (Å²) in [6.07, 6.45) is 13.9. The van der Waals surface area contributed by atoms with E-state index in [4.69, 9.17) is 37.9 Å². The summed E-state index contributed by atoms with van der Waals surface area (Å²) in [5, 5.41) is 0. The molecule has 1 rings (SSSR count). The van der Waals surface area contributed by atoms with Gasteiger partial charge < -0.3 is 37.9 Å². The molecule has 0 bridgehead atoms. The number of esters is 1. The van der Waals surface area contributed by atoms with E-state index < -0.39 is 0 Å². The van der Waals surface area contributed by atoms with Crippen LogP contribution in [0.4, 0.5) is 0 Å². The molecule has 0 saturated heterocycles. The van der Waals surface area contributed by atoms with Gasteiger partial charge >= 0.3 is 5.97 Å². The molecule has 256 valence electrons. The summed E-state index contributed by atoms with van der Waals surface area (Å²) >= 11 is 0. The molecule has 0 heterocycles. The van der Waals surface area contributed by atoms with E-state index in [-0.39, 0.29) is 5.97 Å². The Balaban J connectivity index is 1.74. The molecule has 0 amide bonds. The van der Waals surface area contributed by atoms with Crippen molar-refractivity contribution in [3.05, 3.63) is 29.8 Å². The predicted octanol–water partition coefficient (Wildman–Crippen LogP) is 6.58. The number of hydrogen-bond donors (Lipinski definition) is 0. The van der Waals surface area contributed by atoms with E-state index in [1.54, 1.807) is 0 Å². The van der Waals surface area contributed by atoms with Crippen LogP contribution in [0.3, 0.4) is 0 Å². The molecule has 0 aromatic heterocycles. The molecule has 0 aliphatic heterocycles. The van der Waals surface area contributed by atoms with E-state index >= 15 is 0 Å². The molecule has 1 aromatic rings. The number of aryl methyl sites for hydroxylation is 1. The smallest absolute Gasteiger partial charge is 0.305 e. The summed E-state index contributed by atoms with van der Waals surface area (Å²) in [6, 6.07) is 8.43. The number of carbonyl (C=O) groups is 1. The third-order valence-corrected chi connectivity index (χ3v) is 6.82.